The van der Waals surface area contributed by atoms with Gasteiger partial charge < -0.3 is 15.2 Å². The summed E-state index contributed by atoms with van der Waals surface area (Å²) in [6.45, 7) is 1.44. The van der Waals surface area contributed by atoms with E-state index >= 15 is 0 Å². The number of hydrogen-bond acceptors (Lipinski definition) is 3. The van der Waals surface area contributed by atoms with Crippen molar-refractivity contribution in [2.75, 3.05) is 13.7 Å². The number of ether oxygens (including phenoxy) is 1. The van der Waals surface area contributed by atoms with Crippen molar-refractivity contribution in [2.24, 2.45) is 0 Å². The summed E-state index contributed by atoms with van der Waals surface area (Å²) in [5.74, 6) is 0.0908. The molecular weight excluding hydrogens is 206 g/mol. The van der Waals surface area contributed by atoms with Crippen molar-refractivity contribution in [3.8, 4) is 5.75 Å². The molecule has 0 atom stereocenters. The Hall–Kier alpha value is -1.55. The normalized spacial score (nSPS) is 10.1. The van der Waals surface area contributed by atoms with Crippen molar-refractivity contribution >= 4 is 5.97 Å². The summed E-state index contributed by atoms with van der Waals surface area (Å²) in [7, 11) is 1.64. The van der Waals surface area contributed by atoms with Gasteiger partial charge in [0, 0.05) is 13.0 Å². The summed E-state index contributed by atoms with van der Waals surface area (Å²) in [6, 6.07) is 7.80. The maximum atomic E-state index is 10.3. The standard InChI is InChI=1S/C12H17NO3/c1-16-11-5-2-4-10(8-11)9-13-7-3-6-12(14)15/h2,4-5,8,13H,3,6-7,9H2,1H3,(H,14,15). The molecule has 88 valence electrons. The summed E-state index contributed by atoms with van der Waals surface area (Å²) in [4.78, 5) is 10.3. The number of nitrogens with one attached hydrogen (secondary N) is 1. The molecule has 0 bridgehead atoms. The number of carboxylic acid groups (broad SMARTS) is 1. The first-order chi connectivity index (χ1) is 7.72. The van der Waals surface area contributed by atoms with E-state index in [4.69, 9.17) is 9.84 Å². The van der Waals surface area contributed by atoms with Crippen LogP contribution in [0, 0.1) is 0 Å². The molecule has 0 heterocycles. The van der Waals surface area contributed by atoms with E-state index in [1.54, 1.807) is 7.11 Å². The van der Waals surface area contributed by atoms with Crippen LogP contribution in [0.5, 0.6) is 5.75 Å². The minimum Gasteiger partial charge on any atom is -0.497 e. The Morgan fingerprint density at radius 3 is 3.00 bits per heavy atom. The quantitative estimate of drug-likeness (QED) is 0.690. The Morgan fingerprint density at radius 2 is 2.31 bits per heavy atom. The smallest absolute Gasteiger partial charge is 0.303 e. The third kappa shape index (κ3) is 4.79. The predicted molar refractivity (Wildman–Crippen MR) is 61.6 cm³/mol. The van der Waals surface area contributed by atoms with Crippen LogP contribution in [0.1, 0.15) is 18.4 Å². The Morgan fingerprint density at radius 1 is 1.50 bits per heavy atom. The van der Waals surface area contributed by atoms with Crippen LogP contribution in [-0.4, -0.2) is 24.7 Å². The van der Waals surface area contributed by atoms with Gasteiger partial charge in [-0.2, -0.15) is 0 Å². The molecule has 0 radical (unpaired) electrons. The second-order valence-corrected chi connectivity index (χ2v) is 3.53. The molecular formula is C12H17NO3. The minimum absolute atomic E-state index is 0.213. The van der Waals surface area contributed by atoms with Crippen LogP contribution in [0.4, 0.5) is 0 Å². The number of hydrogen-bond donors (Lipinski definition) is 2. The minimum atomic E-state index is -0.747. The van der Waals surface area contributed by atoms with Gasteiger partial charge in [0.2, 0.25) is 0 Å². The number of carbonyl (C=O) groups is 1. The van der Waals surface area contributed by atoms with Crippen molar-refractivity contribution in [1.29, 1.82) is 0 Å². The Bertz CT molecular complexity index is 339. The van der Waals surface area contributed by atoms with Gasteiger partial charge in [-0.05, 0) is 30.7 Å². The zero-order valence-electron chi connectivity index (χ0n) is 9.40. The van der Waals surface area contributed by atoms with Crippen LogP contribution in [0.15, 0.2) is 24.3 Å². The average Bonchev–Trinajstić information content (AvgIpc) is 2.28. The summed E-state index contributed by atoms with van der Waals surface area (Å²) in [5.41, 5.74) is 1.13. The molecule has 1 aromatic carbocycles. The topological polar surface area (TPSA) is 58.6 Å². The molecule has 0 aromatic heterocycles. The second kappa shape index (κ2) is 6.85. The van der Waals surface area contributed by atoms with Crippen molar-refractivity contribution < 1.29 is 14.6 Å². The predicted octanol–water partition coefficient (Wildman–Crippen LogP) is 1.65. The fourth-order valence-electron chi connectivity index (χ4n) is 1.38. The van der Waals surface area contributed by atoms with Gasteiger partial charge in [-0.15, -0.1) is 0 Å². The number of rotatable bonds is 7. The lowest BCUT2D eigenvalue weighted by molar-refractivity contribution is -0.137. The molecule has 0 saturated carbocycles. The van der Waals surface area contributed by atoms with Crippen LogP contribution in [0.25, 0.3) is 0 Å². The first kappa shape index (κ1) is 12.5. The first-order valence-corrected chi connectivity index (χ1v) is 5.28. The van der Waals surface area contributed by atoms with Gasteiger partial charge in [0.25, 0.3) is 0 Å². The molecule has 1 rings (SSSR count). The highest BCUT2D eigenvalue weighted by Crippen LogP contribution is 2.11. The summed E-state index contributed by atoms with van der Waals surface area (Å²) < 4.78 is 5.11. The second-order valence-electron chi connectivity index (χ2n) is 3.53. The van der Waals surface area contributed by atoms with Gasteiger partial charge in [0.05, 0.1) is 7.11 Å². The van der Waals surface area contributed by atoms with E-state index in [0.29, 0.717) is 13.0 Å². The van der Waals surface area contributed by atoms with E-state index in [1.807, 2.05) is 24.3 Å². The fraction of sp³-hybridized carbons (Fsp3) is 0.417. The molecule has 1 aromatic rings. The SMILES string of the molecule is COc1cccc(CNCCCC(=O)O)c1. The highest BCUT2D eigenvalue weighted by Gasteiger charge is 1.97. The molecule has 0 saturated heterocycles. The van der Waals surface area contributed by atoms with Crippen molar-refractivity contribution in [1.82, 2.24) is 5.32 Å². The molecule has 0 aliphatic rings. The third-order valence-corrected chi connectivity index (χ3v) is 2.21. The van der Waals surface area contributed by atoms with E-state index in [2.05, 4.69) is 5.32 Å². The monoisotopic (exact) mass is 223 g/mol. The van der Waals surface area contributed by atoms with Crippen LogP contribution in [-0.2, 0) is 11.3 Å². The molecule has 4 heteroatoms. The van der Waals surface area contributed by atoms with E-state index < -0.39 is 5.97 Å². The summed E-state index contributed by atoms with van der Waals surface area (Å²) in [5, 5.41) is 11.6. The fourth-order valence-corrected chi connectivity index (χ4v) is 1.38. The molecule has 0 fully saturated rings. The maximum absolute atomic E-state index is 10.3. The van der Waals surface area contributed by atoms with Gasteiger partial charge in [0.15, 0.2) is 0 Å². The van der Waals surface area contributed by atoms with E-state index in [-0.39, 0.29) is 6.42 Å². The average molecular weight is 223 g/mol. The number of methoxy groups -OCH3 is 1. The van der Waals surface area contributed by atoms with Crippen molar-refractivity contribution in [3.63, 3.8) is 0 Å². The first-order valence-electron chi connectivity index (χ1n) is 5.28. The van der Waals surface area contributed by atoms with E-state index in [0.717, 1.165) is 17.9 Å². The lowest BCUT2D eigenvalue weighted by Gasteiger charge is -2.05. The molecule has 0 aliphatic heterocycles. The number of carboxylic acids is 1. The molecule has 4 nitrogen and oxygen atoms in total. The zero-order valence-corrected chi connectivity index (χ0v) is 9.40. The molecule has 0 aliphatic carbocycles. The van der Waals surface area contributed by atoms with Gasteiger partial charge in [-0.1, -0.05) is 12.1 Å². The van der Waals surface area contributed by atoms with Crippen LogP contribution in [0.2, 0.25) is 0 Å². The van der Waals surface area contributed by atoms with Gasteiger partial charge in [0.1, 0.15) is 5.75 Å². The largest absolute Gasteiger partial charge is 0.497 e. The zero-order chi connectivity index (χ0) is 11.8. The lowest BCUT2D eigenvalue weighted by atomic mass is 10.2. The van der Waals surface area contributed by atoms with Crippen LogP contribution in [0.3, 0.4) is 0 Å². The number of aliphatic carboxylic acids is 1. The summed E-state index contributed by atoms with van der Waals surface area (Å²) >= 11 is 0. The Balaban J connectivity index is 2.23. The summed E-state index contributed by atoms with van der Waals surface area (Å²) in [6.07, 6.45) is 0.865. The van der Waals surface area contributed by atoms with Crippen molar-refractivity contribution in [2.45, 2.75) is 19.4 Å². The molecule has 0 spiro atoms. The van der Waals surface area contributed by atoms with E-state index in [9.17, 15) is 4.79 Å². The van der Waals surface area contributed by atoms with Crippen LogP contribution < -0.4 is 10.1 Å². The Kier molecular flexibility index (Phi) is 5.36. The molecule has 0 amide bonds. The highest BCUT2D eigenvalue weighted by molar-refractivity contribution is 5.66. The van der Waals surface area contributed by atoms with Gasteiger partial charge >= 0.3 is 5.97 Å². The van der Waals surface area contributed by atoms with Crippen molar-refractivity contribution in [3.05, 3.63) is 29.8 Å². The maximum Gasteiger partial charge on any atom is 0.303 e. The molecule has 16 heavy (non-hydrogen) atoms. The lowest BCUT2D eigenvalue weighted by Crippen LogP contribution is -2.15. The molecule has 2 N–H and O–H groups in total. The Labute approximate surface area is 95.2 Å². The highest BCUT2D eigenvalue weighted by atomic mass is 16.5. The van der Waals surface area contributed by atoms with Gasteiger partial charge in [-0.3, -0.25) is 4.79 Å². The van der Waals surface area contributed by atoms with Gasteiger partial charge in [-0.25, -0.2) is 0 Å². The molecule has 0 unspecified atom stereocenters. The number of benzene rings is 1. The van der Waals surface area contributed by atoms with E-state index in [1.165, 1.54) is 0 Å². The van der Waals surface area contributed by atoms with Crippen LogP contribution >= 0.6 is 0 Å². The third-order valence-electron chi connectivity index (χ3n) is 2.21.